The van der Waals surface area contributed by atoms with Gasteiger partial charge in [-0.1, -0.05) is 12.1 Å². The van der Waals surface area contributed by atoms with Crippen LogP contribution in [-0.2, 0) is 5.75 Å². The Morgan fingerprint density at radius 3 is 3.19 bits per heavy atom. The quantitative estimate of drug-likeness (QED) is 0.378. The number of hydrazine groups is 1. The smallest absolute Gasteiger partial charge is 0.287 e. The second-order valence-corrected chi connectivity index (χ2v) is 4.71. The summed E-state index contributed by atoms with van der Waals surface area (Å²) in [6, 6.07) is 1.56. The van der Waals surface area contributed by atoms with Crippen LogP contribution in [0.15, 0.2) is 10.6 Å². The molecule has 1 rings (SSSR count). The van der Waals surface area contributed by atoms with Gasteiger partial charge in [0.25, 0.3) is 5.91 Å². The van der Waals surface area contributed by atoms with Crippen molar-refractivity contribution in [1.82, 2.24) is 10.6 Å². The summed E-state index contributed by atoms with van der Waals surface area (Å²) in [5.41, 5.74) is 2.15. The third kappa shape index (κ3) is 3.84. The van der Waals surface area contributed by atoms with Gasteiger partial charge in [0.15, 0.2) is 5.69 Å². The van der Waals surface area contributed by atoms with Crippen molar-refractivity contribution in [3.8, 4) is 0 Å². The van der Waals surface area contributed by atoms with Crippen LogP contribution in [-0.4, -0.2) is 28.0 Å². The number of amides is 1. The molecule has 0 saturated heterocycles. The molecule has 0 aliphatic heterocycles. The first-order valence-corrected chi connectivity index (χ1v) is 5.91. The van der Waals surface area contributed by atoms with Gasteiger partial charge in [-0.2, -0.15) is 11.8 Å². The standard InChI is InChI=1S/C9H15N3O3S/c1-6(2-3-13)16-5-7-4-8(12-15-7)9(14)11-10/h4,6,13H,2-3,5,10H2,1H3,(H,11,14). The summed E-state index contributed by atoms with van der Waals surface area (Å²) in [5.74, 6) is 5.73. The Bertz CT molecular complexity index is 342. The van der Waals surface area contributed by atoms with E-state index in [1.165, 1.54) is 0 Å². The van der Waals surface area contributed by atoms with E-state index < -0.39 is 5.91 Å². The number of aliphatic hydroxyl groups excluding tert-OH is 1. The molecule has 7 heteroatoms. The number of carbonyl (C=O) groups excluding carboxylic acids is 1. The van der Waals surface area contributed by atoms with E-state index in [9.17, 15) is 4.79 Å². The maximum atomic E-state index is 11.1. The van der Waals surface area contributed by atoms with Gasteiger partial charge >= 0.3 is 0 Å². The van der Waals surface area contributed by atoms with Crippen LogP contribution in [0.5, 0.6) is 0 Å². The Balaban J connectivity index is 2.43. The Labute approximate surface area is 97.5 Å². The minimum atomic E-state index is -0.469. The molecule has 0 bridgehead atoms. The SMILES string of the molecule is CC(CCO)SCc1cc(C(=O)NN)no1. The number of aliphatic hydroxyl groups is 1. The summed E-state index contributed by atoms with van der Waals surface area (Å²) in [6.07, 6.45) is 0.731. The van der Waals surface area contributed by atoms with Gasteiger partial charge in [-0.25, -0.2) is 5.84 Å². The Hall–Kier alpha value is -1.05. The monoisotopic (exact) mass is 245 g/mol. The molecule has 1 amide bonds. The minimum Gasteiger partial charge on any atom is -0.396 e. The highest BCUT2D eigenvalue weighted by atomic mass is 32.2. The number of nitrogens with one attached hydrogen (secondary N) is 1. The van der Waals surface area contributed by atoms with E-state index in [1.54, 1.807) is 17.8 Å². The molecule has 0 spiro atoms. The average molecular weight is 245 g/mol. The summed E-state index contributed by atoms with van der Waals surface area (Å²) in [5, 5.41) is 12.6. The van der Waals surface area contributed by atoms with Gasteiger partial charge in [0.2, 0.25) is 0 Å². The fourth-order valence-electron chi connectivity index (χ4n) is 1.05. The van der Waals surface area contributed by atoms with Crippen molar-refractivity contribution in [2.24, 2.45) is 5.84 Å². The van der Waals surface area contributed by atoms with Gasteiger partial charge in [-0.15, -0.1) is 0 Å². The number of hydrogen-bond acceptors (Lipinski definition) is 6. The fourth-order valence-corrected chi connectivity index (χ4v) is 1.91. The second kappa shape index (κ2) is 6.51. The van der Waals surface area contributed by atoms with Crippen LogP contribution in [0.25, 0.3) is 0 Å². The van der Waals surface area contributed by atoms with E-state index in [0.29, 0.717) is 16.8 Å². The number of hydrogen-bond donors (Lipinski definition) is 3. The summed E-state index contributed by atoms with van der Waals surface area (Å²) in [7, 11) is 0. The molecular formula is C9H15N3O3S. The van der Waals surface area contributed by atoms with Gasteiger partial charge in [-0.05, 0) is 6.42 Å². The molecule has 16 heavy (non-hydrogen) atoms. The zero-order valence-corrected chi connectivity index (χ0v) is 9.79. The van der Waals surface area contributed by atoms with E-state index in [2.05, 4.69) is 5.16 Å². The minimum absolute atomic E-state index is 0.172. The molecule has 6 nitrogen and oxygen atoms in total. The second-order valence-electron chi connectivity index (χ2n) is 3.29. The maximum Gasteiger partial charge on any atom is 0.287 e. The Kier molecular flexibility index (Phi) is 5.30. The van der Waals surface area contributed by atoms with Crippen molar-refractivity contribution in [3.63, 3.8) is 0 Å². The fraction of sp³-hybridized carbons (Fsp3) is 0.556. The van der Waals surface area contributed by atoms with Gasteiger partial charge in [0, 0.05) is 17.9 Å². The van der Waals surface area contributed by atoms with Crippen molar-refractivity contribution in [2.75, 3.05) is 6.61 Å². The Morgan fingerprint density at radius 2 is 2.56 bits per heavy atom. The summed E-state index contributed by atoms with van der Waals surface area (Å²) in [6.45, 7) is 2.19. The zero-order valence-electron chi connectivity index (χ0n) is 8.97. The first kappa shape index (κ1) is 13.0. The zero-order chi connectivity index (χ0) is 12.0. The number of nitrogens with zero attached hydrogens (tertiary/aromatic N) is 1. The van der Waals surface area contributed by atoms with Crippen molar-refractivity contribution in [2.45, 2.75) is 24.3 Å². The topological polar surface area (TPSA) is 101 Å². The highest BCUT2D eigenvalue weighted by Crippen LogP contribution is 2.20. The predicted molar refractivity (Wildman–Crippen MR) is 60.6 cm³/mol. The van der Waals surface area contributed by atoms with Crippen LogP contribution < -0.4 is 11.3 Å². The first-order valence-electron chi connectivity index (χ1n) is 4.86. The van der Waals surface area contributed by atoms with E-state index in [1.807, 2.05) is 12.3 Å². The maximum absolute atomic E-state index is 11.1. The number of nitrogens with two attached hydrogens (primary N) is 1. The van der Waals surface area contributed by atoms with E-state index >= 15 is 0 Å². The van der Waals surface area contributed by atoms with Crippen LogP contribution in [0.1, 0.15) is 29.6 Å². The number of thioether (sulfide) groups is 1. The molecule has 1 atom stereocenters. The van der Waals surface area contributed by atoms with Crippen LogP contribution in [0, 0.1) is 0 Å². The van der Waals surface area contributed by atoms with Gasteiger partial charge in [-0.3, -0.25) is 10.2 Å². The molecule has 0 radical (unpaired) electrons. The Morgan fingerprint density at radius 1 is 1.81 bits per heavy atom. The highest BCUT2D eigenvalue weighted by Gasteiger charge is 2.12. The lowest BCUT2D eigenvalue weighted by molar-refractivity contribution is 0.0944. The molecule has 1 heterocycles. The average Bonchev–Trinajstić information content (AvgIpc) is 2.74. The summed E-state index contributed by atoms with van der Waals surface area (Å²) >= 11 is 1.63. The van der Waals surface area contributed by atoms with Gasteiger partial charge in [0.05, 0.1) is 5.75 Å². The molecule has 1 unspecified atom stereocenters. The van der Waals surface area contributed by atoms with E-state index in [4.69, 9.17) is 15.5 Å². The predicted octanol–water partition coefficient (Wildman–Crippen LogP) is 0.282. The lowest BCUT2D eigenvalue weighted by Crippen LogP contribution is -2.30. The van der Waals surface area contributed by atoms with Gasteiger partial charge in [0.1, 0.15) is 5.76 Å². The molecule has 0 fully saturated rings. The van der Waals surface area contributed by atoms with Gasteiger partial charge < -0.3 is 9.63 Å². The largest absolute Gasteiger partial charge is 0.396 e. The lowest BCUT2D eigenvalue weighted by Gasteiger charge is -2.06. The van der Waals surface area contributed by atoms with Crippen molar-refractivity contribution >= 4 is 17.7 Å². The number of nitrogen functional groups attached to an aromatic ring is 1. The van der Waals surface area contributed by atoms with Crippen LogP contribution >= 0.6 is 11.8 Å². The van der Waals surface area contributed by atoms with Crippen LogP contribution in [0.2, 0.25) is 0 Å². The molecule has 0 aromatic carbocycles. The number of carbonyl (C=O) groups is 1. The van der Waals surface area contributed by atoms with Crippen molar-refractivity contribution < 1.29 is 14.4 Å². The molecule has 0 aliphatic carbocycles. The van der Waals surface area contributed by atoms with Crippen molar-refractivity contribution in [1.29, 1.82) is 0 Å². The normalized spacial score (nSPS) is 12.4. The molecule has 4 N–H and O–H groups in total. The molecule has 1 aromatic rings. The third-order valence-corrected chi connectivity index (χ3v) is 3.22. The molecule has 1 aromatic heterocycles. The third-order valence-electron chi connectivity index (χ3n) is 1.97. The molecule has 90 valence electrons. The summed E-state index contributed by atoms with van der Waals surface area (Å²) in [4.78, 5) is 11.1. The lowest BCUT2D eigenvalue weighted by atomic mass is 10.3. The van der Waals surface area contributed by atoms with Crippen molar-refractivity contribution in [3.05, 3.63) is 17.5 Å². The van der Waals surface area contributed by atoms with E-state index in [0.717, 1.165) is 6.42 Å². The van der Waals surface area contributed by atoms with Crippen LogP contribution in [0.3, 0.4) is 0 Å². The first-order chi connectivity index (χ1) is 7.67. The van der Waals surface area contributed by atoms with E-state index in [-0.39, 0.29) is 12.3 Å². The molecule has 0 saturated carbocycles. The van der Waals surface area contributed by atoms with Crippen LogP contribution in [0.4, 0.5) is 0 Å². The molecular weight excluding hydrogens is 230 g/mol. The highest BCUT2D eigenvalue weighted by molar-refractivity contribution is 7.99. The number of aromatic nitrogens is 1. The summed E-state index contributed by atoms with van der Waals surface area (Å²) < 4.78 is 4.97. The number of rotatable bonds is 6. The molecule has 0 aliphatic rings.